The van der Waals surface area contributed by atoms with E-state index in [1.807, 2.05) is 12.3 Å². The van der Waals surface area contributed by atoms with Crippen molar-refractivity contribution in [2.45, 2.75) is 4.90 Å². The highest BCUT2D eigenvalue weighted by Gasteiger charge is 2.11. The predicted molar refractivity (Wildman–Crippen MR) is 74.4 cm³/mol. The third-order valence-electron chi connectivity index (χ3n) is 2.43. The zero-order valence-corrected chi connectivity index (χ0v) is 11.6. The number of benzene rings is 2. The average Bonchev–Trinajstić information content (AvgIpc) is 2.41. The number of hydrogen-bond acceptors (Lipinski definition) is 3. The minimum absolute atomic E-state index is 0.165. The molecule has 0 unspecified atom stereocenters. The first-order valence-electron chi connectivity index (χ1n) is 5.35. The second-order valence-corrected chi connectivity index (χ2v) is 4.88. The van der Waals surface area contributed by atoms with E-state index in [1.54, 1.807) is 12.1 Å². The standard InChI is InChI=1S/C14H9ClFNOS/c1-19-14-4-2-3-12(10(14)8-17)18-13-6-5-9(16)7-11(13)15/h2-7H,1H3. The molecule has 0 bridgehead atoms. The molecular formula is C14H9ClFNOS. The Morgan fingerprint density at radius 2 is 2.05 bits per heavy atom. The van der Waals surface area contributed by atoms with Crippen LogP contribution in [0.2, 0.25) is 5.02 Å². The monoisotopic (exact) mass is 293 g/mol. The van der Waals surface area contributed by atoms with Gasteiger partial charge in [-0.15, -0.1) is 11.8 Å². The molecule has 0 spiro atoms. The molecule has 0 saturated carbocycles. The summed E-state index contributed by atoms with van der Waals surface area (Å²) in [4.78, 5) is 0.818. The molecule has 5 heteroatoms. The minimum atomic E-state index is -0.435. The molecule has 19 heavy (non-hydrogen) atoms. The van der Waals surface area contributed by atoms with Gasteiger partial charge < -0.3 is 4.74 Å². The smallest absolute Gasteiger partial charge is 0.146 e. The van der Waals surface area contributed by atoms with Crippen molar-refractivity contribution in [2.24, 2.45) is 0 Å². The normalized spacial score (nSPS) is 10.0. The summed E-state index contributed by atoms with van der Waals surface area (Å²) in [6.07, 6.45) is 1.88. The largest absolute Gasteiger partial charge is 0.454 e. The Bertz CT molecular complexity index is 654. The molecule has 96 valence electrons. The van der Waals surface area contributed by atoms with Crippen molar-refractivity contribution >= 4 is 23.4 Å². The molecule has 0 fully saturated rings. The molecule has 0 heterocycles. The lowest BCUT2D eigenvalue weighted by Crippen LogP contribution is -1.91. The molecule has 0 radical (unpaired) electrons. The zero-order valence-electron chi connectivity index (χ0n) is 9.98. The van der Waals surface area contributed by atoms with Gasteiger partial charge in [-0.2, -0.15) is 5.26 Å². The van der Waals surface area contributed by atoms with Gasteiger partial charge in [0.25, 0.3) is 0 Å². The van der Waals surface area contributed by atoms with Gasteiger partial charge in [0.15, 0.2) is 0 Å². The van der Waals surface area contributed by atoms with Crippen LogP contribution in [0.5, 0.6) is 11.5 Å². The van der Waals surface area contributed by atoms with E-state index in [0.717, 1.165) is 4.90 Å². The first-order chi connectivity index (χ1) is 9.15. The second kappa shape index (κ2) is 5.96. The Morgan fingerprint density at radius 3 is 2.68 bits per heavy atom. The van der Waals surface area contributed by atoms with Crippen molar-refractivity contribution in [3.8, 4) is 17.6 Å². The Balaban J connectivity index is 2.41. The lowest BCUT2D eigenvalue weighted by molar-refractivity contribution is 0.478. The number of halogens is 2. The molecule has 0 saturated heterocycles. The Kier molecular flexibility index (Phi) is 4.31. The van der Waals surface area contributed by atoms with E-state index < -0.39 is 5.82 Å². The van der Waals surface area contributed by atoms with Crippen molar-refractivity contribution < 1.29 is 9.13 Å². The zero-order chi connectivity index (χ0) is 13.8. The Labute approximate surface area is 119 Å². The Morgan fingerprint density at radius 1 is 1.26 bits per heavy atom. The van der Waals surface area contributed by atoms with Gasteiger partial charge in [-0.1, -0.05) is 17.7 Å². The molecule has 0 atom stereocenters. The lowest BCUT2D eigenvalue weighted by atomic mass is 10.2. The predicted octanol–water partition coefficient (Wildman–Crippen LogP) is 4.86. The second-order valence-electron chi connectivity index (χ2n) is 3.62. The maximum Gasteiger partial charge on any atom is 0.146 e. The van der Waals surface area contributed by atoms with Crippen molar-refractivity contribution in [3.63, 3.8) is 0 Å². The minimum Gasteiger partial charge on any atom is -0.454 e. The van der Waals surface area contributed by atoms with E-state index in [2.05, 4.69) is 6.07 Å². The number of nitriles is 1. The van der Waals surface area contributed by atoms with Gasteiger partial charge in [-0.05, 0) is 36.6 Å². The lowest BCUT2D eigenvalue weighted by Gasteiger charge is -2.10. The fraction of sp³-hybridized carbons (Fsp3) is 0.0714. The highest BCUT2D eigenvalue weighted by atomic mass is 35.5. The summed E-state index contributed by atoms with van der Waals surface area (Å²) in [6.45, 7) is 0. The molecule has 2 aromatic rings. The summed E-state index contributed by atoms with van der Waals surface area (Å²) < 4.78 is 18.5. The molecule has 2 rings (SSSR count). The van der Waals surface area contributed by atoms with Crippen molar-refractivity contribution in [2.75, 3.05) is 6.26 Å². The molecule has 0 aliphatic carbocycles. The van der Waals surface area contributed by atoms with Gasteiger partial charge in [-0.25, -0.2) is 4.39 Å². The summed E-state index contributed by atoms with van der Waals surface area (Å²) in [5.41, 5.74) is 0.440. The molecule has 0 aliphatic heterocycles. The fourth-order valence-electron chi connectivity index (χ4n) is 1.55. The molecule has 0 N–H and O–H groups in total. The molecule has 0 aliphatic rings. The first-order valence-corrected chi connectivity index (χ1v) is 6.96. The van der Waals surface area contributed by atoms with E-state index in [1.165, 1.54) is 30.0 Å². The maximum absolute atomic E-state index is 13.0. The van der Waals surface area contributed by atoms with Crippen molar-refractivity contribution in [3.05, 3.63) is 52.8 Å². The van der Waals surface area contributed by atoms with Crippen LogP contribution in [0.1, 0.15) is 5.56 Å². The highest BCUT2D eigenvalue weighted by molar-refractivity contribution is 7.98. The van der Waals surface area contributed by atoms with Crippen molar-refractivity contribution in [1.82, 2.24) is 0 Å². The van der Waals surface area contributed by atoms with E-state index in [4.69, 9.17) is 16.3 Å². The summed E-state index contributed by atoms with van der Waals surface area (Å²) in [5, 5.41) is 9.35. The van der Waals surface area contributed by atoms with Crippen LogP contribution in [0.4, 0.5) is 4.39 Å². The summed E-state index contributed by atoms with van der Waals surface area (Å²) in [7, 11) is 0. The van der Waals surface area contributed by atoms with Crippen LogP contribution in [-0.4, -0.2) is 6.26 Å². The number of ether oxygens (including phenoxy) is 1. The summed E-state index contributed by atoms with van der Waals surface area (Å²) in [5.74, 6) is 0.288. The number of nitrogens with zero attached hydrogens (tertiary/aromatic N) is 1. The molecule has 0 aromatic heterocycles. The van der Waals surface area contributed by atoms with Crippen LogP contribution in [0.3, 0.4) is 0 Å². The molecular weight excluding hydrogens is 285 g/mol. The van der Waals surface area contributed by atoms with E-state index in [9.17, 15) is 9.65 Å². The van der Waals surface area contributed by atoms with Gasteiger partial charge in [-0.3, -0.25) is 0 Å². The fourth-order valence-corrected chi connectivity index (χ4v) is 2.32. The third kappa shape index (κ3) is 3.01. The van der Waals surface area contributed by atoms with Crippen LogP contribution in [0, 0.1) is 17.1 Å². The van der Waals surface area contributed by atoms with Gasteiger partial charge in [0, 0.05) is 4.90 Å². The molecule has 2 aromatic carbocycles. The summed E-state index contributed by atoms with van der Waals surface area (Å²) in [6, 6.07) is 11.3. The van der Waals surface area contributed by atoms with Gasteiger partial charge in [0.1, 0.15) is 28.9 Å². The number of rotatable bonds is 3. The topological polar surface area (TPSA) is 33.0 Å². The highest BCUT2D eigenvalue weighted by Crippen LogP contribution is 2.34. The SMILES string of the molecule is CSc1cccc(Oc2ccc(F)cc2Cl)c1C#N. The van der Waals surface area contributed by atoms with Gasteiger partial charge in [0.05, 0.1) is 5.02 Å². The third-order valence-corrected chi connectivity index (χ3v) is 3.51. The van der Waals surface area contributed by atoms with E-state index >= 15 is 0 Å². The van der Waals surface area contributed by atoms with Gasteiger partial charge >= 0.3 is 0 Å². The van der Waals surface area contributed by atoms with E-state index in [0.29, 0.717) is 17.1 Å². The van der Waals surface area contributed by atoms with E-state index in [-0.39, 0.29) is 5.02 Å². The number of hydrogen-bond donors (Lipinski definition) is 0. The molecule has 2 nitrogen and oxygen atoms in total. The number of thioether (sulfide) groups is 1. The van der Waals surface area contributed by atoms with Crippen LogP contribution < -0.4 is 4.74 Å². The molecule has 0 amide bonds. The van der Waals surface area contributed by atoms with Crippen LogP contribution in [0.25, 0.3) is 0 Å². The average molecular weight is 294 g/mol. The Hall–Kier alpha value is -1.70. The van der Waals surface area contributed by atoms with Crippen LogP contribution >= 0.6 is 23.4 Å². The quantitative estimate of drug-likeness (QED) is 0.757. The van der Waals surface area contributed by atoms with Crippen molar-refractivity contribution in [1.29, 1.82) is 5.26 Å². The maximum atomic E-state index is 13.0. The summed E-state index contributed by atoms with van der Waals surface area (Å²) >= 11 is 7.35. The first kappa shape index (κ1) is 13.7. The van der Waals surface area contributed by atoms with Crippen LogP contribution in [-0.2, 0) is 0 Å². The van der Waals surface area contributed by atoms with Gasteiger partial charge in [0.2, 0.25) is 0 Å². The van der Waals surface area contributed by atoms with Crippen LogP contribution in [0.15, 0.2) is 41.3 Å².